The van der Waals surface area contributed by atoms with Crippen molar-refractivity contribution in [3.8, 4) is 0 Å². The Morgan fingerprint density at radius 3 is 2.73 bits per heavy atom. The number of halogens is 2. The van der Waals surface area contributed by atoms with Gasteiger partial charge >= 0.3 is 0 Å². The van der Waals surface area contributed by atoms with E-state index in [1.165, 1.54) is 0 Å². The number of para-hydroxylation sites is 1. The number of carbonyl (C=O) groups is 1. The number of nitrogens with one attached hydrogen (secondary N) is 1. The zero-order chi connectivity index (χ0) is 18.3. The molecule has 0 spiro atoms. The molecule has 0 atom stereocenters. The molecule has 1 aliphatic rings. The molecule has 0 bridgehead atoms. The van der Waals surface area contributed by atoms with Crippen LogP contribution >= 0.6 is 23.2 Å². The van der Waals surface area contributed by atoms with E-state index in [0.29, 0.717) is 27.9 Å². The Hall–Kier alpha value is -2.56. The van der Waals surface area contributed by atoms with Crippen molar-refractivity contribution in [1.29, 1.82) is 0 Å². The highest BCUT2D eigenvalue weighted by molar-refractivity contribution is 6.35. The number of fused-ring (bicyclic) bond motifs is 1. The van der Waals surface area contributed by atoms with Gasteiger partial charge in [-0.15, -0.1) is 0 Å². The van der Waals surface area contributed by atoms with Crippen LogP contribution in [-0.2, 0) is 11.3 Å². The van der Waals surface area contributed by atoms with Crippen LogP contribution in [-0.4, -0.2) is 16.2 Å². The van der Waals surface area contributed by atoms with Crippen molar-refractivity contribution >= 4 is 51.8 Å². The zero-order valence-corrected chi connectivity index (χ0v) is 15.5. The summed E-state index contributed by atoms with van der Waals surface area (Å²) in [5.41, 5.74) is 6.77. The maximum Gasteiger partial charge on any atom is 0.273 e. The van der Waals surface area contributed by atoms with Crippen LogP contribution in [0.4, 0.5) is 0 Å². The molecule has 6 heteroatoms. The van der Waals surface area contributed by atoms with E-state index in [9.17, 15) is 4.79 Å². The van der Waals surface area contributed by atoms with Gasteiger partial charge in [0.05, 0.1) is 11.3 Å². The highest BCUT2D eigenvalue weighted by atomic mass is 35.5. The predicted octanol–water partition coefficient (Wildman–Crippen LogP) is 4.89. The fourth-order valence-corrected chi connectivity index (χ4v) is 3.57. The van der Waals surface area contributed by atoms with E-state index in [1.54, 1.807) is 6.07 Å². The lowest BCUT2D eigenvalue weighted by atomic mass is 10.1. The summed E-state index contributed by atoms with van der Waals surface area (Å²) < 4.78 is 2.12. The summed E-state index contributed by atoms with van der Waals surface area (Å²) in [4.78, 5) is 12.0. The minimum Gasteiger partial charge on any atom is -0.342 e. The fraction of sp³-hybridized carbons (Fsp3) is 0.100. The molecule has 2 heterocycles. The Balaban J connectivity index is 1.81. The molecule has 130 valence electrons. The smallest absolute Gasteiger partial charge is 0.273 e. The third-order valence-electron chi connectivity index (χ3n) is 4.43. The van der Waals surface area contributed by atoms with E-state index < -0.39 is 0 Å². The van der Waals surface area contributed by atoms with E-state index in [2.05, 4.69) is 21.2 Å². The molecule has 4 rings (SSSR count). The molecule has 1 amide bonds. The van der Waals surface area contributed by atoms with Gasteiger partial charge in [0, 0.05) is 39.3 Å². The van der Waals surface area contributed by atoms with E-state index in [1.807, 2.05) is 49.5 Å². The summed E-state index contributed by atoms with van der Waals surface area (Å²) in [6.45, 7) is 2.43. The number of benzene rings is 2. The molecular formula is C20H15Cl2N3O. The van der Waals surface area contributed by atoms with E-state index in [4.69, 9.17) is 23.2 Å². The highest BCUT2D eigenvalue weighted by Gasteiger charge is 2.19. The molecule has 2 aromatic carbocycles. The van der Waals surface area contributed by atoms with E-state index in [-0.39, 0.29) is 5.91 Å². The summed E-state index contributed by atoms with van der Waals surface area (Å²) in [6.07, 6.45) is 3.91. The molecular weight excluding hydrogens is 369 g/mol. The quantitative estimate of drug-likeness (QED) is 0.643. The first kappa shape index (κ1) is 16.9. The van der Waals surface area contributed by atoms with Gasteiger partial charge in [0.15, 0.2) is 0 Å². The van der Waals surface area contributed by atoms with Crippen LogP contribution in [0.2, 0.25) is 10.0 Å². The topological polar surface area (TPSA) is 46.4 Å². The summed E-state index contributed by atoms with van der Waals surface area (Å²) in [6, 6.07) is 13.6. The molecule has 1 aromatic heterocycles. The average Bonchev–Trinajstić information content (AvgIpc) is 3.13. The van der Waals surface area contributed by atoms with E-state index >= 15 is 0 Å². The number of rotatable bonds is 3. The molecule has 0 unspecified atom stereocenters. The maximum absolute atomic E-state index is 12.0. The molecule has 26 heavy (non-hydrogen) atoms. The summed E-state index contributed by atoms with van der Waals surface area (Å²) in [5, 5.41) is 6.30. The van der Waals surface area contributed by atoms with Gasteiger partial charge in [-0.05, 0) is 36.8 Å². The van der Waals surface area contributed by atoms with Crippen molar-refractivity contribution in [2.45, 2.75) is 13.5 Å². The predicted molar refractivity (Wildman–Crippen MR) is 107 cm³/mol. The van der Waals surface area contributed by atoms with Gasteiger partial charge in [-0.25, -0.2) is 5.43 Å². The minimum atomic E-state index is -0.180. The number of hydrazone groups is 1. The number of nitrogens with zero attached hydrogens (tertiary/aromatic N) is 2. The monoisotopic (exact) mass is 383 g/mol. The van der Waals surface area contributed by atoms with Gasteiger partial charge in [0.25, 0.3) is 5.91 Å². The number of hydrogen-bond acceptors (Lipinski definition) is 2. The van der Waals surface area contributed by atoms with Gasteiger partial charge in [-0.3, -0.25) is 4.79 Å². The normalized spacial score (nSPS) is 15.6. The van der Waals surface area contributed by atoms with Gasteiger partial charge in [0.2, 0.25) is 0 Å². The van der Waals surface area contributed by atoms with Gasteiger partial charge in [-0.1, -0.05) is 47.5 Å². The number of carbonyl (C=O) groups excluding carboxylic acids is 1. The third kappa shape index (κ3) is 3.02. The Morgan fingerprint density at radius 1 is 1.19 bits per heavy atom. The average molecular weight is 384 g/mol. The van der Waals surface area contributed by atoms with Gasteiger partial charge in [-0.2, -0.15) is 5.10 Å². The molecule has 1 aliphatic heterocycles. The summed E-state index contributed by atoms with van der Waals surface area (Å²) >= 11 is 12.3. The summed E-state index contributed by atoms with van der Waals surface area (Å²) in [5.74, 6) is -0.180. The Kier molecular flexibility index (Phi) is 4.31. The van der Waals surface area contributed by atoms with Crippen LogP contribution in [0.15, 0.2) is 59.3 Å². The zero-order valence-electron chi connectivity index (χ0n) is 14.0. The van der Waals surface area contributed by atoms with Gasteiger partial charge < -0.3 is 4.57 Å². The van der Waals surface area contributed by atoms with Crippen LogP contribution in [0, 0.1) is 0 Å². The van der Waals surface area contributed by atoms with E-state index in [0.717, 1.165) is 22.0 Å². The second-order valence-electron chi connectivity index (χ2n) is 6.16. The molecule has 3 aromatic rings. The standard InChI is InChI=1S/C20H15Cl2N3O/c1-12-17(20(26)24-23-12)8-14-11-25(19-5-3-2-4-16(14)19)10-13-6-7-15(21)9-18(13)22/h2-9,11H,10H2,1H3,(H,24,26)/b17-8-. The largest absolute Gasteiger partial charge is 0.342 e. The molecule has 0 aliphatic carbocycles. The number of hydrogen-bond donors (Lipinski definition) is 1. The second kappa shape index (κ2) is 6.63. The van der Waals surface area contributed by atoms with Crippen LogP contribution in [0.3, 0.4) is 0 Å². The van der Waals surface area contributed by atoms with Crippen molar-refractivity contribution in [3.63, 3.8) is 0 Å². The Morgan fingerprint density at radius 2 is 2.00 bits per heavy atom. The lowest BCUT2D eigenvalue weighted by Crippen LogP contribution is -2.12. The minimum absolute atomic E-state index is 0.180. The first-order chi connectivity index (χ1) is 12.5. The van der Waals surface area contributed by atoms with Crippen molar-refractivity contribution in [2.24, 2.45) is 5.10 Å². The SMILES string of the molecule is CC1=NNC(=O)/C1=C\c1cn(Cc2ccc(Cl)cc2Cl)c2ccccc12. The molecule has 1 N–H and O–H groups in total. The first-order valence-corrected chi connectivity index (χ1v) is 8.87. The Bertz CT molecular complexity index is 1100. The second-order valence-corrected chi connectivity index (χ2v) is 7.01. The summed E-state index contributed by atoms with van der Waals surface area (Å²) in [7, 11) is 0. The van der Waals surface area contributed by atoms with Crippen molar-refractivity contribution in [2.75, 3.05) is 0 Å². The highest BCUT2D eigenvalue weighted by Crippen LogP contribution is 2.28. The molecule has 4 nitrogen and oxygen atoms in total. The third-order valence-corrected chi connectivity index (χ3v) is 5.02. The lowest BCUT2D eigenvalue weighted by Gasteiger charge is -2.08. The van der Waals surface area contributed by atoms with Crippen LogP contribution < -0.4 is 5.43 Å². The number of amides is 1. The Labute approximate surface area is 160 Å². The van der Waals surface area contributed by atoms with Crippen molar-refractivity contribution in [1.82, 2.24) is 9.99 Å². The lowest BCUT2D eigenvalue weighted by molar-refractivity contribution is -0.116. The van der Waals surface area contributed by atoms with Crippen LogP contribution in [0.25, 0.3) is 17.0 Å². The van der Waals surface area contributed by atoms with Crippen LogP contribution in [0.1, 0.15) is 18.1 Å². The van der Waals surface area contributed by atoms with Crippen molar-refractivity contribution < 1.29 is 4.79 Å². The fourth-order valence-electron chi connectivity index (χ4n) is 3.10. The maximum atomic E-state index is 12.0. The molecule has 0 fully saturated rings. The molecule has 0 radical (unpaired) electrons. The molecule has 0 saturated heterocycles. The number of aromatic nitrogens is 1. The van der Waals surface area contributed by atoms with Crippen LogP contribution in [0.5, 0.6) is 0 Å². The van der Waals surface area contributed by atoms with Gasteiger partial charge in [0.1, 0.15) is 0 Å². The van der Waals surface area contributed by atoms with Crippen molar-refractivity contribution in [3.05, 3.63) is 75.4 Å². The first-order valence-electron chi connectivity index (χ1n) is 8.11. The molecule has 0 saturated carbocycles.